The van der Waals surface area contributed by atoms with Gasteiger partial charge in [0, 0.05) is 28.9 Å². The Balaban J connectivity index is 1.55. The fourth-order valence-electron chi connectivity index (χ4n) is 4.19. The Hall–Kier alpha value is -6.23. The molecule has 0 aliphatic rings. The molecule has 11 nitrogen and oxygen atoms in total. The predicted octanol–water partition coefficient (Wildman–Crippen LogP) is 5.93. The van der Waals surface area contributed by atoms with Crippen LogP contribution in [-0.4, -0.2) is 43.9 Å². The van der Waals surface area contributed by atoms with E-state index in [0.29, 0.717) is 45.2 Å². The Kier molecular flexibility index (Phi) is 10.4. The van der Waals surface area contributed by atoms with E-state index in [1.165, 1.54) is 45.6 Å². The van der Waals surface area contributed by atoms with Crippen molar-refractivity contribution < 1.29 is 33.5 Å². The van der Waals surface area contributed by atoms with E-state index in [2.05, 4.69) is 10.6 Å². The van der Waals surface area contributed by atoms with Crippen LogP contribution in [0.3, 0.4) is 0 Å². The molecule has 0 saturated carbocycles. The van der Waals surface area contributed by atoms with E-state index in [1.807, 2.05) is 0 Å². The van der Waals surface area contributed by atoms with Gasteiger partial charge < -0.3 is 24.8 Å². The number of hydrogen-bond acceptors (Lipinski definition) is 8. The van der Waals surface area contributed by atoms with Crippen molar-refractivity contribution in [2.24, 2.45) is 0 Å². The monoisotopic (exact) mass is 607 g/mol. The van der Waals surface area contributed by atoms with Crippen LogP contribution in [0.25, 0.3) is 12.2 Å². The van der Waals surface area contributed by atoms with Crippen LogP contribution in [-0.2, 0) is 4.79 Å². The quantitative estimate of drug-likeness (QED) is 0.0873. The maximum atomic E-state index is 13.5. The number of carbonyl (C=O) groups is 3. The van der Waals surface area contributed by atoms with E-state index in [1.54, 1.807) is 84.9 Å². The van der Waals surface area contributed by atoms with Gasteiger partial charge in [0.2, 0.25) is 5.75 Å². The molecule has 2 amide bonds. The van der Waals surface area contributed by atoms with Gasteiger partial charge in [-0.15, -0.1) is 0 Å². The summed E-state index contributed by atoms with van der Waals surface area (Å²) < 4.78 is 16.2. The van der Waals surface area contributed by atoms with Gasteiger partial charge >= 0.3 is 0 Å². The number of methoxy groups -OCH3 is 3. The van der Waals surface area contributed by atoms with Crippen molar-refractivity contribution in [3.8, 4) is 17.2 Å². The lowest BCUT2D eigenvalue weighted by molar-refractivity contribution is -0.384. The van der Waals surface area contributed by atoms with Gasteiger partial charge in [-0.2, -0.15) is 0 Å². The lowest BCUT2D eigenvalue weighted by Gasteiger charge is -2.14. The summed E-state index contributed by atoms with van der Waals surface area (Å²) in [6, 6.07) is 23.7. The first kappa shape index (κ1) is 31.7. The minimum atomic E-state index is -0.620. The van der Waals surface area contributed by atoms with Crippen LogP contribution < -0.4 is 24.8 Å². The smallest absolute Gasteiger partial charge is 0.272 e. The van der Waals surface area contributed by atoms with Gasteiger partial charge in [0.25, 0.3) is 17.5 Å². The normalized spacial score (nSPS) is 11.0. The van der Waals surface area contributed by atoms with E-state index in [9.17, 15) is 24.5 Å². The van der Waals surface area contributed by atoms with Crippen LogP contribution in [0, 0.1) is 10.1 Å². The van der Waals surface area contributed by atoms with E-state index in [-0.39, 0.29) is 17.2 Å². The largest absolute Gasteiger partial charge is 0.493 e. The molecule has 11 heteroatoms. The number of nitrogens with zero attached hydrogens (tertiary/aromatic N) is 1. The Morgan fingerprint density at radius 1 is 0.756 bits per heavy atom. The van der Waals surface area contributed by atoms with E-state index in [0.717, 1.165) is 0 Å². The summed E-state index contributed by atoms with van der Waals surface area (Å²) in [5.74, 6) is -0.325. The Morgan fingerprint density at radius 2 is 1.38 bits per heavy atom. The third kappa shape index (κ3) is 8.20. The van der Waals surface area contributed by atoms with Crippen LogP contribution in [0.15, 0.2) is 103 Å². The van der Waals surface area contributed by atoms with Crippen molar-refractivity contribution in [2.75, 3.05) is 26.6 Å². The number of benzene rings is 4. The number of amides is 2. The first-order valence-corrected chi connectivity index (χ1v) is 13.5. The SMILES string of the molecule is COc1cc(/C=C(\NC(=O)c2ccccc2)C(=O)Nc2ccc(C(=O)/C=C/c3ccc([N+](=O)[O-])cc3)cc2)cc(OC)c1OC. The second-order valence-electron chi connectivity index (χ2n) is 9.41. The highest BCUT2D eigenvalue weighted by Crippen LogP contribution is 2.38. The van der Waals surface area contributed by atoms with Gasteiger partial charge in [0.05, 0.1) is 26.3 Å². The molecule has 0 aliphatic heterocycles. The second kappa shape index (κ2) is 14.8. The van der Waals surface area contributed by atoms with Crippen molar-refractivity contribution >= 4 is 41.1 Å². The predicted molar refractivity (Wildman–Crippen MR) is 170 cm³/mol. The first-order valence-electron chi connectivity index (χ1n) is 13.5. The summed E-state index contributed by atoms with van der Waals surface area (Å²) in [5, 5.41) is 16.2. The van der Waals surface area contributed by atoms with Gasteiger partial charge in [-0.05, 0) is 83.9 Å². The number of non-ortho nitro benzene ring substituents is 1. The molecule has 4 aromatic rings. The number of anilines is 1. The van der Waals surface area contributed by atoms with Crippen molar-refractivity contribution in [3.05, 3.63) is 135 Å². The summed E-state index contributed by atoms with van der Waals surface area (Å²) in [7, 11) is 4.41. The zero-order chi connectivity index (χ0) is 32.3. The van der Waals surface area contributed by atoms with Gasteiger partial charge in [-0.3, -0.25) is 24.5 Å². The average Bonchev–Trinajstić information content (AvgIpc) is 3.07. The van der Waals surface area contributed by atoms with Gasteiger partial charge in [-0.1, -0.05) is 24.3 Å². The van der Waals surface area contributed by atoms with Crippen molar-refractivity contribution in [1.82, 2.24) is 5.32 Å². The summed E-state index contributed by atoms with van der Waals surface area (Å²) in [4.78, 5) is 49.5. The van der Waals surface area contributed by atoms with Crippen molar-refractivity contribution in [2.45, 2.75) is 0 Å². The molecule has 0 aromatic heterocycles. The molecule has 228 valence electrons. The molecule has 0 unspecified atom stereocenters. The number of rotatable bonds is 12. The summed E-state index contributed by atoms with van der Waals surface area (Å²) in [5.41, 5.74) is 2.09. The highest BCUT2D eigenvalue weighted by Gasteiger charge is 2.18. The molecule has 0 fully saturated rings. The standard InChI is InChI=1S/C34H29N3O8/c1-43-30-20-23(21-31(44-2)32(30)45-3)19-28(36-33(39)25-7-5-4-6-8-25)34(40)35-26-14-12-24(13-15-26)29(38)18-11-22-9-16-27(17-10-22)37(41)42/h4-21H,1-3H3,(H,35,40)(H,36,39)/b18-11+,28-19-. The molecule has 45 heavy (non-hydrogen) atoms. The number of nitro groups is 1. The molecule has 2 N–H and O–H groups in total. The van der Waals surface area contributed by atoms with Crippen LogP contribution >= 0.6 is 0 Å². The van der Waals surface area contributed by atoms with Crippen molar-refractivity contribution in [3.63, 3.8) is 0 Å². The molecule has 4 aromatic carbocycles. The molecular weight excluding hydrogens is 578 g/mol. The lowest BCUT2D eigenvalue weighted by Crippen LogP contribution is -2.30. The molecule has 0 spiro atoms. The zero-order valence-electron chi connectivity index (χ0n) is 24.6. The maximum Gasteiger partial charge on any atom is 0.272 e. The zero-order valence-corrected chi connectivity index (χ0v) is 24.6. The number of carbonyl (C=O) groups excluding carboxylic acids is 3. The summed E-state index contributed by atoms with van der Waals surface area (Å²) >= 11 is 0. The first-order chi connectivity index (χ1) is 21.7. The van der Waals surface area contributed by atoms with E-state index < -0.39 is 16.7 Å². The summed E-state index contributed by atoms with van der Waals surface area (Å²) in [6.07, 6.45) is 4.38. The molecule has 0 aliphatic carbocycles. The second-order valence-corrected chi connectivity index (χ2v) is 9.41. The molecule has 0 atom stereocenters. The topological polar surface area (TPSA) is 146 Å². The van der Waals surface area contributed by atoms with Crippen LogP contribution in [0.2, 0.25) is 0 Å². The molecule has 4 rings (SSSR count). The number of ketones is 1. The molecule has 0 bridgehead atoms. The Morgan fingerprint density at radius 3 is 1.93 bits per heavy atom. The summed E-state index contributed by atoms with van der Waals surface area (Å²) in [6.45, 7) is 0. The number of hydrogen-bond donors (Lipinski definition) is 2. The number of ether oxygens (including phenoxy) is 3. The lowest BCUT2D eigenvalue weighted by atomic mass is 10.1. The highest BCUT2D eigenvalue weighted by molar-refractivity contribution is 6.11. The fraction of sp³-hybridized carbons (Fsp3) is 0.0882. The highest BCUT2D eigenvalue weighted by atomic mass is 16.6. The Labute approximate surface area is 258 Å². The average molecular weight is 608 g/mol. The third-order valence-electron chi connectivity index (χ3n) is 6.49. The molecule has 0 saturated heterocycles. The third-order valence-corrected chi connectivity index (χ3v) is 6.49. The molecule has 0 heterocycles. The van der Waals surface area contributed by atoms with Crippen molar-refractivity contribution in [1.29, 1.82) is 0 Å². The van der Waals surface area contributed by atoms with Crippen LogP contribution in [0.5, 0.6) is 17.2 Å². The van der Waals surface area contributed by atoms with Crippen LogP contribution in [0.4, 0.5) is 11.4 Å². The molecule has 0 radical (unpaired) electrons. The minimum Gasteiger partial charge on any atom is -0.493 e. The van der Waals surface area contributed by atoms with Crippen LogP contribution in [0.1, 0.15) is 31.8 Å². The number of nitro benzene ring substituents is 1. The molecular formula is C34H29N3O8. The van der Waals surface area contributed by atoms with Gasteiger partial charge in [0.15, 0.2) is 17.3 Å². The van der Waals surface area contributed by atoms with Gasteiger partial charge in [0.1, 0.15) is 5.70 Å². The Bertz CT molecular complexity index is 1740. The number of nitrogens with one attached hydrogen (secondary N) is 2. The van der Waals surface area contributed by atoms with E-state index >= 15 is 0 Å². The van der Waals surface area contributed by atoms with E-state index in [4.69, 9.17) is 14.2 Å². The fourth-order valence-corrected chi connectivity index (χ4v) is 4.19. The minimum absolute atomic E-state index is 0.0443. The maximum absolute atomic E-state index is 13.5. The number of allylic oxidation sites excluding steroid dienone is 1. The van der Waals surface area contributed by atoms with Gasteiger partial charge in [-0.25, -0.2) is 0 Å².